The molecule has 296 valence electrons. The molecule has 0 radical (unpaired) electrons. The zero-order valence-corrected chi connectivity index (χ0v) is 35.1. The van der Waals surface area contributed by atoms with Crippen LogP contribution in [0.1, 0.15) is 104 Å². The highest BCUT2D eigenvalue weighted by molar-refractivity contribution is 9.11. The van der Waals surface area contributed by atoms with Gasteiger partial charge in [0, 0.05) is 39.6 Å². The molecule has 2 aromatic heterocycles. The summed E-state index contributed by atoms with van der Waals surface area (Å²) >= 11 is 8.23. The molecule has 5 nitrogen and oxygen atoms in total. The summed E-state index contributed by atoms with van der Waals surface area (Å²) in [4.78, 5) is 26.1. The smallest absolute Gasteiger partial charge is 0.380 e. The SMILES string of the molecule is CCCCCCCC(C)Oc1ccc(C(=O)OCc2cc(C3=C(c4cc(COC(=O)c5cc(Br)ccc5Br)sc4C)C(F)(F)C(F)(F)C3(F)F)c(C)s2)cc1. The van der Waals surface area contributed by atoms with Crippen molar-refractivity contribution in [1.29, 1.82) is 0 Å². The predicted octanol–water partition coefficient (Wildman–Crippen LogP) is 13.6. The fourth-order valence-corrected chi connectivity index (χ4v) is 8.93. The first-order valence-corrected chi connectivity index (χ1v) is 20.7. The van der Waals surface area contributed by atoms with Gasteiger partial charge in [0.2, 0.25) is 0 Å². The van der Waals surface area contributed by atoms with Crippen LogP contribution < -0.4 is 4.74 Å². The lowest BCUT2D eigenvalue weighted by Crippen LogP contribution is -2.48. The molecular formula is C40H38Br2F6O5S2. The average Bonchev–Trinajstić information content (AvgIpc) is 3.71. The lowest BCUT2D eigenvalue weighted by molar-refractivity contribution is -0.254. The first-order chi connectivity index (χ1) is 25.9. The number of thiophene rings is 2. The standard InChI is InChI=1S/C40H38Br2F6O5S2/c1-5-6-7-8-9-10-22(2)53-27-14-11-25(12-15-27)36(49)51-20-28-18-30(23(3)54-28)34-35(39(45,46)40(47,48)38(34,43)44)31-19-29(55-24(31)4)21-52-37(50)32-17-26(41)13-16-33(32)42/h11-19,22H,5-10,20-21H2,1-4H3. The normalized spacial score (nSPS) is 16.3. The van der Waals surface area contributed by atoms with E-state index in [0.717, 1.165) is 54.1 Å². The molecule has 0 aliphatic heterocycles. The molecule has 0 spiro atoms. The van der Waals surface area contributed by atoms with Crippen molar-refractivity contribution in [1.82, 2.24) is 0 Å². The van der Waals surface area contributed by atoms with Crippen LogP contribution in [0.3, 0.4) is 0 Å². The van der Waals surface area contributed by atoms with Crippen LogP contribution in [-0.2, 0) is 22.7 Å². The number of hydrogen-bond acceptors (Lipinski definition) is 7. The van der Waals surface area contributed by atoms with Gasteiger partial charge in [-0.2, -0.15) is 26.3 Å². The van der Waals surface area contributed by atoms with Crippen LogP contribution >= 0.6 is 54.5 Å². The van der Waals surface area contributed by atoms with Crippen LogP contribution in [0.15, 0.2) is 63.5 Å². The minimum atomic E-state index is -5.76. The van der Waals surface area contributed by atoms with Crippen molar-refractivity contribution in [2.45, 2.75) is 103 Å². The summed E-state index contributed by atoms with van der Waals surface area (Å²) in [5.74, 6) is -17.2. The second-order valence-corrected chi connectivity index (χ2v) is 17.7. The monoisotopic (exact) mass is 934 g/mol. The number of allylic oxidation sites excluding steroid dienone is 2. The molecule has 5 rings (SSSR count). The number of carbonyl (C=O) groups is 2. The van der Waals surface area contributed by atoms with Gasteiger partial charge in [0.05, 0.1) is 17.2 Å². The molecule has 0 saturated carbocycles. The zero-order chi connectivity index (χ0) is 40.3. The third-order valence-electron chi connectivity index (χ3n) is 9.12. The Morgan fingerprint density at radius 3 is 1.80 bits per heavy atom. The topological polar surface area (TPSA) is 61.8 Å². The van der Waals surface area contributed by atoms with Crippen LogP contribution in [0.25, 0.3) is 11.1 Å². The second-order valence-electron chi connectivity index (χ2n) is 13.3. The van der Waals surface area contributed by atoms with E-state index < -0.39 is 65.2 Å². The van der Waals surface area contributed by atoms with E-state index in [-0.39, 0.29) is 36.7 Å². The van der Waals surface area contributed by atoms with Gasteiger partial charge in [-0.25, -0.2) is 9.59 Å². The van der Waals surface area contributed by atoms with Gasteiger partial charge in [0.15, 0.2) is 0 Å². The summed E-state index contributed by atoms with van der Waals surface area (Å²) in [5, 5.41) is 0. The highest BCUT2D eigenvalue weighted by Crippen LogP contribution is 2.65. The largest absolute Gasteiger partial charge is 0.491 e. The zero-order valence-electron chi connectivity index (χ0n) is 30.3. The van der Waals surface area contributed by atoms with Crippen molar-refractivity contribution in [2.75, 3.05) is 0 Å². The van der Waals surface area contributed by atoms with Crippen LogP contribution in [0.2, 0.25) is 0 Å². The van der Waals surface area contributed by atoms with Crippen LogP contribution in [0.5, 0.6) is 5.75 Å². The third kappa shape index (κ3) is 9.20. The van der Waals surface area contributed by atoms with E-state index in [0.29, 0.717) is 14.7 Å². The number of benzene rings is 2. The molecule has 1 aliphatic rings. The number of aryl methyl sites for hydroxylation is 2. The first kappa shape index (κ1) is 43.0. The Balaban J connectivity index is 1.33. The fraction of sp³-hybridized carbons (Fsp3) is 0.400. The molecule has 2 heterocycles. The molecule has 2 aromatic carbocycles. The van der Waals surface area contributed by atoms with E-state index in [1.54, 1.807) is 24.3 Å². The van der Waals surface area contributed by atoms with Gasteiger partial charge in [-0.1, -0.05) is 48.5 Å². The number of carbonyl (C=O) groups excluding carboxylic acids is 2. The van der Waals surface area contributed by atoms with E-state index in [9.17, 15) is 9.59 Å². The fourth-order valence-electron chi connectivity index (χ4n) is 6.24. The Hall–Kier alpha value is -3.14. The summed E-state index contributed by atoms with van der Waals surface area (Å²) in [7, 11) is 0. The van der Waals surface area contributed by atoms with E-state index >= 15 is 26.3 Å². The van der Waals surface area contributed by atoms with Crippen molar-refractivity contribution in [3.63, 3.8) is 0 Å². The molecule has 1 aliphatic carbocycles. The molecule has 1 unspecified atom stereocenters. The maximum atomic E-state index is 15.6. The number of ether oxygens (including phenoxy) is 3. The number of unbranched alkanes of at least 4 members (excludes halogenated alkanes) is 4. The summed E-state index contributed by atoms with van der Waals surface area (Å²) < 4.78 is 110. The Labute approximate surface area is 340 Å². The van der Waals surface area contributed by atoms with Crippen LogP contribution in [0, 0.1) is 13.8 Å². The molecule has 0 N–H and O–H groups in total. The van der Waals surface area contributed by atoms with Gasteiger partial charge in [-0.3, -0.25) is 0 Å². The molecule has 0 bridgehead atoms. The summed E-state index contributed by atoms with van der Waals surface area (Å²) in [5.41, 5.74) is -3.68. The van der Waals surface area contributed by atoms with Gasteiger partial charge in [-0.05, 0) is 115 Å². The summed E-state index contributed by atoms with van der Waals surface area (Å²) in [6.07, 6.45) is 6.64. The number of halogens is 8. The Morgan fingerprint density at radius 1 is 0.727 bits per heavy atom. The van der Waals surface area contributed by atoms with Gasteiger partial charge in [0.25, 0.3) is 0 Å². The molecule has 55 heavy (non-hydrogen) atoms. The van der Waals surface area contributed by atoms with E-state index in [1.807, 2.05) is 6.92 Å². The van der Waals surface area contributed by atoms with Gasteiger partial charge < -0.3 is 14.2 Å². The number of rotatable bonds is 16. The first-order valence-electron chi connectivity index (χ1n) is 17.5. The summed E-state index contributed by atoms with van der Waals surface area (Å²) in [6, 6.07) is 13.3. The molecule has 1 atom stereocenters. The second kappa shape index (κ2) is 17.6. The van der Waals surface area contributed by atoms with Gasteiger partial charge >= 0.3 is 29.7 Å². The Morgan fingerprint density at radius 2 is 1.25 bits per heavy atom. The minimum Gasteiger partial charge on any atom is -0.491 e. The molecule has 0 saturated heterocycles. The van der Waals surface area contributed by atoms with E-state index in [2.05, 4.69) is 38.8 Å². The van der Waals surface area contributed by atoms with Crippen LogP contribution in [-0.4, -0.2) is 35.8 Å². The number of alkyl halides is 6. The van der Waals surface area contributed by atoms with Gasteiger partial charge in [0.1, 0.15) is 19.0 Å². The lowest BCUT2D eigenvalue weighted by atomic mass is 9.95. The third-order valence-corrected chi connectivity index (χ3v) is 12.4. The minimum absolute atomic E-state index is 0.0142. The lowest BCUT2D eigenvalue weighted by Gasteiger charge is -2.25. The quantitative estimate of drug-likeness (QED) is 0.0636. The van der Waals surface area contributed by atoms with E-state index in [1.165, 1.54) is 51.3 Å². The maximum absolute atomic E-state index is 15.6. The Bertz CT molecular complexity index is 2060. The van der Waals surface area contributed by atoms with Crippen molar-refractivity contribution in [3.05, 3.63) is 105 Å². The Kier molecular flexibility index (Phi) is 13.7. The van der Waals surface area contributed by atoms with E-state index in [4.69, 9.17) is 14.2 Å². The molecule has 4 aromatic rings. The van der Waals surface area contributed by atoms with Crippen molar-refractivity contribution in [2.24, 2.45) is 0 Å². The molecule has 0 amide bonds. The van der Waals surface area contributed by atoms with Crippen LogP contribution in [0.4, 0.5) is 26.3 Å². The predicted molar refractivity (Wildman–Crippen MR) is 210 cm³/mol. The van der Waals surface area contributed by atoms with Crippen molar-refractivity contribution >= 4 is 77.6 Å². The number of esters is 2. The molecular weight excluding hydrogens is 898 g/mol. The van der Waals surface area contributed by atoms with Crippen molar-refractivity contribution < 1.29 is 50.1 Å². The highest BCUT2D eigenvalue weighted by Gasteiger charge is 2.80. The van der Waals surface area contributed by atoms with Crippen molar-refractivity contribution in [3.8, 4) is 5.75 Å². The molecule has 0 fully saturated rings. The average molecular weight is 937 g/mol. The maximum Gasteiger partial charge on any atom is 0.380 e. The van der Waals surface area contributed by atoms with Gasteiger partial charge in [-0.15, -0.1) is 22.7 Å². The molecule has 15 heteroatoms. The highest BCUT2D eigenvalue weighted by atomic mass is 79.9. The summed E-state index contributed by atoms with van der Waals surface area (Å²) in [6.45, 7) is 5.98. The number of hydrogen-bond donors (Lipinski definition) is 0.